The van der Waals surface area contributed by atoms with Gasteiger partial charge in [0.2, 0.25) is 10.0 Å². The van der Waals surface area contributed by atoms with Crippen molar-refractivity contribution in [2.45, 2.75) is 11.4 Å². The molecule has 0 aliphatic carbocycles. The zero-order valence-corrected chi connectivity index (χ0v) is 14.7. The van der Waals surface area contributed by atoms with Crippen molar-refractivity contribution in [1.29, 1.82) is 0 Å². The van der Waals surface area contributed by atoms with Crippen molar-refractivity contribution >= 4 is 10.0 Å². The third kappa shape index (κ3) is 4.08. The van der Waals surface area contributed by atoms with E-state index in [0.29, 0.717) is 11.5 Å². The molecule has 0 radical (unpaired) electrons. The molecule has 132 valence electrons. The fraction of sp³-hybridized carbons (Fsp3) is 0.375. The van der Waals surface area contributed by atoms with Gasteiger partial charge in [-0.3, -0.25) is 0 Å². The first-order valence-electron chi connectivity index (χ1n) is 7.25. The van der Waals surface area contributed by atoms with Crippen molar-refractivity contribution < 1.29 is 27.0 Å². The van der Waals surface area contributed by atoms with Crippen LogP contribution in [0.1, 0.15) is 5.56 Å². The molecule has 0 amide bonds. The van der Waals surface area contributed by atoms with E-state index in [9.17, 15) is 8.42 Å². The van der Waals surface area contributed by atoms with E-state index in [4.69, 9.17) is 18.6 Å². The van der Waals surface area contributed by atoms with Crippen molar-refractivity contribution in [1.82, 2.24) is 4.31 Å². The van der Waals surface area contributed by atoms with Crippen LogP contribution in [0.15, 0.2) is 46.1 Å². The Kier molecular flexibility index (Phi) is 6.24. The Labute approximate surface area is 141 Å². The molecule has 8 heteroatoms. The Morgan fingerprint density at radius 3 is 2.42 bits per heavy atom. The van der Waals surface area contributed by atoms with E-state index in [1.54, 1.807) is 12.1 Å². The molecule has 1 aromatic carbocycles. The first-order valence-corrected chi connectivity index (χ1v) is 8.69. The van der Waals surface area contributed by atoms with Crippen LogP contribution in [0.3, 0.4) is 0 Å². The first-order chi connectivity index (χ1) is 11.5. The molecule has 0 unspecified atom stereocenters. The molecule has 0 N–H and O–H groups in total. The Morgan fingerprint density at radius 1 is 1.08 bits per heavy atom. The maximum Gasteiger partial charge on any atom is 0.243 e. The van der Waals surface area contributed by atoms with Gasteiger partial charge < -0.3 is 18.6 Å². The molecule has 2 aromatic rings. The second-order valence-corrected chi connectivity index (χ2v) is 6.92. The third-order valence-corrected chi connectivity index (χ3v) is 5.32. The summed E-state index contributed by atoms with van der Waals surface area (Å²) >= 11 is 0. The van der Waals surface area contributed by atoms with Crippen molar-refractivity contribution in [3.8, 4) is 11.5 Å². The number of sulfonamides is 1. The Hall–Kier alpha value is -2.03. The number of methoxy groups -OCH3 is 3. The molecule has 0 spiro atoms. The lowest BCUT2D eigenvalue weighted by Crippen LogP contribution is -2.33. The van der Waals surface area contributed by atoms with Crippen LogP contribution in [0.5, 0.6) is 11.5 Å². The second kappa shape index (κ2) is 8.18. The molecule has 2 rings (SSSR count). The van der Waals surface area contributed by atoms with Crippen LogP contribution in [0, 0.1) is 0 Å². The van der Waals surface area contributed by atoms with Gasteiger partial charge in [0, 0.05) is 31.8 Å². The van der Waals surface area contributed by atoms with Crippen LogP contribution in [-0.2, 0) is 21.3 Å². The summed E-state index contributed by atoms with van der Waals surface area (Å²) in [5.74, 6) is 0.823. The number of furan rings is 1. The number of rotatable bonds is 9. The number of benzene rings is 1. The van der Waals surface area contributed by atoms with E-state index < -0.39 is 10.0 Å². The van der Waals surface area contributed by atoms with Crippen LogP contribution in [0.2, 0.25) is 0 Å². The number of ether oxygens (including phenoxy) is 3. The van der Waals surface area contributed by atoms with Gasteiger partial charge in [-0.2, -0.15) is 4.31 Å². The minimum absolute atomic E-state index is 0.125. The summed E-state index contributed by atoms with van der Waals surface area (Å²) in [5.41, 5.74) is 0.759. The van der Waals surface area contributed by atoms with Gasteiger partial charge >= 0.3 is 0 Å². The fourth-order valence-corrected chi connectivity index (χ4v) is 3.62. The molecule has 24 heavy (non-hydrogen) atoms. The van der Waals surface area contributed by atoms with Crippen molar-refractivity contribution in [3.05, 3.63) is 42.4 Å². The molecule has 0 aliphatic heterocycles. The molecule has 0 bridgehead atoms. The molecule has 0 aliphatic rings. The monoisotopic (exact) mass is 355 g/mol. The zero-order valence-electron chi connectivity index (χ0n) is 13.9. The van der Waals surface area contributed by atoms with Gasteiger partial charge in [0.1, 0.15) is 0 Å². The lowest BCUT2D eigenvalue weighted by molar-refractivity contribution is 0.177. The number of nitrogens with zero attached hydrogens (tertiary/aromatic N) is 1. The van der Waals surface area contributed by atoms with E-state index in [0.717, 1.165) is 5.56 Å². The van der Waals surface area contributed by atoms with E-state index in [1.807, 2.05) is 0 Å². The molecule has 1 aromatic heterocycles. The van der Waals surface area contributed by atoms with Crippen molar-refractivity contribution in [2.24, 2.45) is 0 Å². The van der Waals surface area contributed by atoms with E-state index in [2.05, 4.69) is 0 Å². The summed E-state index contributed by atoms with van der Waals surface area (Å²) in [6.45, 7) is 0.694. The highest BCUT2D eigenvalue weighted by Crippen LogP contribution is 2.31. The van der Waals surface area contributed by atoms with Crippen LogP contribution < -0.4 is 9.47 Å². The van der Waals surface area contributed by atoms with E-state index in [-0.39, 0.29) is 24.6 Å². The molecule has 0 fully saturated rings. The average molecular weight is 355 g/mol. The maximum absolute atomic E-state index is 13.0. The van der Waals surface area contributed by atoms with Gasteiger partial charge in [-0.05, 0) is 18.2 Å². The second-order valence-electron chi connectivity index (χ2n) is 4.98. The minimum Gasteiger partial charge on any atom is -0.493 e. The van der Waals surface area contributed by atoms with E-state index in [1.165, 1.54) is 50.3 Å². The summed E-state index contributed by atoms with van der Waals surface area (Å²) < 4.78 is 47.7. The molecular weight excluding hydrogens is 334 g/mol. The smallest absolute Gasteiger partial charge is 0.243 e. The summed E-state index contributed by atoms with van der Waals surface area (Å²) in [6, 6.07) is 6.23. The van der Waals surface area contributed by atoms with E-state index >= 15 is 0 Å². The standard InChI is InChI=1S/C16H21NO6S/c1-20-9-7-17(11-13-6-8-23-12-13)24(18,19)14-4-5-15(21-2)16(10-14)22-3/h4-6,8,10,12H,7,9,11H2,1-3H3. The molecule has 1 heterocycles. The normalized spacial score (nSPS) is 11.7. The van der Waals surface area contributed by atoms with Gasteiger partial charge in [-0.15, -0.1) is 0 Å². The highest BCUT2D eigenvalue weighted by molar-refractivity contribution is 7.89. The Balaban J connectivity index is 2.35. The van der Waals surface area contributed by atoms with Gasteiger partial charge in [-0.1, -0.05) is 0 Å². The topological polar surface area (TPSA) is 78.2 Å². The predicted molar refractivity (Wildman–Crippen MR) is 87.7 cm³/mol. The number of hydrogen-bond acceptors (Lipinski definition) is 6. The lowest BCUT2D eigenvalue weighted by Gasteiger charge is -2.22. The maximum atomic E-state index is 13.0. The summed E-state index contributed by atoms with van der Waals surface area (Å²) in [7, 11) is 0.753. The van der Waals surface area contributed by atoms with Gasteiger partial charge in [0.15, 0.2) is 11.5 Å². The molecule has 0 atom stereocenters. The summed E-state index contributed by atoms with van der Waals surface area (Å²) in [6.07, 6.45) is 3.02. The SMILES string of the molecule is COCCN(Cc1ccoc1)S(=O)(=O)c1ccc(OC)c(OC)c1. The molecule has 0 saturated carbocycles. The fourth-order valence-electron chi connectivity index (χ4n) is 2.19. The highest BCUT2D eigenvalue weighted by Gasteiger charge is 2.26. The molecular formula is C16H21NO6S. The summed E-state index contributed by atoms with van der Waals surface area (Å²) in [5, 5.41) is 0. The Morgan fingerprint density at radius 2 is 1.83 bits per heavy atom. The van der Waals surface area contributed by atoms with Crippen LogP contribution in [0.25, 0.3) is 0 Å². The quantitative estimate of drug-likeness (QED) is 0.686. The average Bonchev–Trinajstić information content (AvgIpc) is 3.10. The highest BCUT2D eigenvalue weighted by atomic mass is 32.2. The predicted octanol–water partition coefficient (Wildman–Crippen LogP) is 2.13. The lowest BCUT2D eigenvalue weighted by atomic mass is 10.3. The van der Waals surface area contributed by atoms with Crippen LogP contribution in [-0.4, -0.2) is 47.2 Å². The minimum atomic E-state index is -3.73. The first kappa shape index (κ1) is 18.3. The number of hydrogen-bond donors (Lipinski definition) is 0. The Bertz CT molecular complexity index is 742. The van der Waals surface area contributed by atoms with Gasteiger partial charge in [0.05, 0.1) is 38.2 Å². The molecule has 7 nitrogen and oxygen atoms in total. The van der Waals surface area contributed by atoms with Gasteiger partial charge in [-0.25, -0.2) is 8.42 Å². The van der Waals surface area contributed by atoms with Crippen LogP contribution in [0.4, 0.5) is 0 Å². The zero-order chi connectivity index (χ0) is 17.6. The molecule has 0 saturated heterocycles. The van der Waals surface area contributed by atoms with Crippen molar-refractivity contribution in [3.63, 3.8) is 0 Å². The van der Waals surface area contributed by atoms with Crippen molar-refractivity contribution in [2.75, 3.05) is 34.5 Å². The van der Waals surface area contributed by atoms with Crippen LogP contribution >= 0.6 is 0 Å². The summed E-state index contributed by atoms with van der Waals surface area (Å²) in [4.78, 5) is 0.125. The third-order valence-electron chi connectivity index (χ3n) is 3.48. The largest absolute Gasteiger partial charge is 0.493 e. The van der Waals surface area contributed by atoms with Gasteiger partial charge in [0.25, 0.3) is 0 Å².